The van der Waals surface area contributed by atoms with Crippen LogP contribution in [0.1, 0.15) is 15.9 Å². The molecule has 4 rings (SSSR count). The van der Waals surface area contributed by atoms with Crippen molar-refractivity contribution in [3.63, 3.8) is 0 Å². The van der Waals surface area contributed by atoms with E-state index in [-0.39, 0.29) is 5.78 Å². The summed E-state index contributed by atoms with van der Waals surface area (Å²) < 4.78 is 10.7. The van der Waals surface area contributed by atoms with Gasteiger partial charge in [-0.15, -0.1) is 0 Å². The van der Waals surface area contributed by atoms with Crippen molar-refractivity contribution < 1.29 is 14.3 Å². The lowest BCUT2D eigenvalue weighted by atomic mass is 10.1. The number of ether oxygens (including phenoxy) is 2. The van der Waals surface area contributed by atoms with Crippen molar-refractivity contribution in [3.05, 3.63) is 95.2 Å². The Kier molecular flexibility index (Phi) is 6.38. The molecule has 5 nitrogen and oxygen atoms in total. The lowest BCUT2D eigenvalue weighted by Crippen LogP contribution is -1.97. The average molecular weight is 445 g/mol. The second-order valence-electron chi connectivity index (χ2n) is 7.00. The van der Waals surface area contributed by atoms with Gasteiger partial charge in [0, 0.05) is 39.1 Å². The number of fused-ring (bicyclic) bond motifs is 1. The quantitative estimate of drug-likeness (QED) is 0.259. The number of pyridine rings is 1. The average Bonchev–Trinajstić information content (AvgIpc) is 2.82. The fourth-order valence-electron chi connectivity index (χ4n) is 3.41. The number of aromatic nitrogens is 1. The van der Waals surface area contributed by atoms with E-state index in [4.69, 9.17) is 21.1 Å². The van der Waals surface area contributed by atoms with E-state index in [1.165, 1.54) is 6.08 Å². The number of carbonyl (C=O) groups excluding carboxylic acids is 1. The van der Waals surface area contributed by atoms with E-state index < -0.39 is 0 Å². The lowest BCUT2D eigenvalue weighted by Gasteiger charge is -2.10. The molecule has 6 heteroatoms. The first-order valence-corrected chi connectivity index (χ1v) is 10.3. The molecule has 1 heterocycles. The van der Waals surface area contributed by atoms with Crippen LogP contribution in [0.3, 0.4) is 0 Å². The minimum absolute atomic E-state index is 0.106. The van der Waals surface area contributed by atoms with Gasteiger partial charge < -0.3 is 14.8 Å². The Morgan fingerprint density at radius 1 is 1.00 bits per heavy atom. The van der Waals surface area contributed by atoms with Gasteiger partial charge in [-0.25, -0.2) is 0 Å². The third-order valence-corrected chi connectivity index (χ3v) is 5.24. The van der Waals surface area contributed by atoms with Crippen molar-refractivity contribution in [3.8, 4) is 11.5 Å². The summed E-state index contributed by atoms with van der Waals surface area (Å²) in [5, 5.41) is 4.98. The van der Waals surface area contributed by atoms with Crippen LogP contribution in [0.25, 0.3) is 17.0 Å². The van der Waals surface area contributed by atoms with E-state index in [1.807, 2.05) is 54.6 Å². The van der Waals surface area contributed by atoms with Crippen molar-refractivity contribution in [2.75, 3.05) is 19.5 Å². The molecule has 0 spiro atoms. The van der Waals surface area contributed by atoms with Gasteiger partial charge in [-0.1, -0.05) is 23.7 Å². The van der Waals surface area contributed by atoms with Crippen molar-refractivity contribution in [1.82, 2.24) is 4.98 Å². The highest BCUT2D eigenvalue weighted by Gasteiger charge is 2.09. The number of hydrogen-bond acceptors (Lipinski definition) is 5. The Morgan fingerprint density at radius 3 is 2.56 bits per heavy atom. The minimum atomic E-state index is -0.106. The molecule has 0 amide bonds. The summed E-state index contributed by atoms with van der Waals surface area (Å²) in [5.41, 5.74) is 3.94. The summed E-state index contributed by atoms with van der Waals surface area (Å²) in [7, 11) is 3.15. The van der Waals surface area contributed by atoms with Gasteiger partial charge in [-0.2, -0.15) is 0 Å². The number of para-hydroxylation sites is 1. The molecule has 0 aliphatic carbocycles. The number of carbonyl (C=O) groups is 1. The van der Waals surface area contributed by atoms with Crippen molar-refractivity contribution in [2.45, 2.75) is 0 Å². The highest BCUT2D eigenvalue weighted by molar-refractivity contribution is 6.31. The van der Waals surface area contributed by atoms with Gasteiger partial charge >= 0.3 is 0 Å². The topological polar surface area (TPSA) is 60.5 Å². The predicted octanol–water partition coefficient (Wildman–Crippen LogP) is 6.55. The van der Waals surface area contributed by atoms with Crippen molar-refractivity contribution in [2.24, 2.45) is 0 Å². The van der Waals surface area contributed by atoms with Gasteiger partial charge in [-0.05, 0) is 66.7 Å². The summed E-state index contributed by atoms with van der Waals surface area (Å²) in [6.07, 6.45) is 4.99. The molecule has 0 saturated carbocycles. The summed E-state index contributed by atoms with van der Waals surface area (Å²) in [4.78, 5) is 17.0. The van der Waals surface area contributed by atoms with E-state index in [9.17, 15) is 4.79 Å². The van der Waals surface area contributed by atoms with Crippen LogP contribution in [0.2, 0.25) is 5.02 Å². The molecule has 0 saturated heterocycles. The third-order valence-electron chi connectivity index (χ3n) is 5.00. The van der Waals surface area contributed by atoms with Crippen LogP contribution in [-0.4, -0.2) is 25.0 Å². The first kappa shape index (κ1) is 21.4. The molecule has 1 aromatic heterocycles. The molecular formula is C26H21ClN2O3. The zero-order chi connectivity index (χ0) is 22.5. The smallest absolute Gasteiger partial charge is 0.185 e. The molecule has 0 fully saturated rings. The van der Waals surface area contributed by atoms with Crippen LogP contribution in [0, 0.1) is 0 Å². The van der Waals surface area contributed by atoms with E-state index in [0.717, 1.165) is 27.8 Å². The second-order valence-corrected chi connectivity index (χ2v) is 7.44. The maximum absolute atomic E-state index is 12.6. The maximum Gasteiger partial charge on any atom is 0.185 e. The predicted molar refractivity (Wildman–Crippen MR) is 129 cm³/mol. The van der Waals surface area contributed by atoms with Crippen LogP contribution in [0.4, 0.5) is 11.4 Å². The fourth-order valence-corrected chi connectivity index (χ4v) is 3.57. The Hall–Kier alpha value is -3.83. The summed E-state index contributed by atoms with van der Waals surface area (Å²) in [6.45, 7) is 0. The first-order valence-electron chi connectivity index (χ1n) is 9.94. The van der Waals surface area contributed by atoms with Crippen LogP contribution in [-0.2, 0) is 0 Å². The van der Waals surface area contributed by atoms with Gasteiger partial charge in [0.05, 0.1) is 19.7 Å². The summed E-state index contributed by atoms with van der Waals surface area (Å²) in [5.74, 6) is 1.10. The first-order chi connectivity index (χ1) is 15.6. The zero-order valence-electron chi connectivity index (χ0n) is 17.6. The molecule has 0 radical (unpaired) electrons. The Balaban J connectivity index is 1.51. The highest BCUT2D eigenvalue weighted by atomic mass is 35.5. The Bertz CT molecular complexity index is 1300. The van der Waals surface area contributed by atoms with Crippen LogP contribution >= 0.6 is 11.6 Å². The molecule has 3 aromatic carbocycles. The van der Waals surface area contributed by atoms with Crippen LogP contribution in [0.5, 0.6) is 11.5 Å². The number of allylic oxidation sites excluding steroid dienone is 1. The normalized spacial score (nSPS) is 11.0. The molecule has 0 aliphatic rings. The van der Waals surface area contributed by atoms with Gasteiger partial charge in [0.25, 0.3) is 0 Å². The molecule has 160 valence electrons. The monoisotopic (exact) mass is 444 g/mol. The number of methoxy groups -OCH3 is 2. The minimum Gasteiger partial charge on any atom is -0.493 e. The number of anilines is 2. The Morgan fingerprint density at radius 2 is 1.81 bits per heavy atom. The SMILES string of the molecule is COc1cccc(/C=C/C(=O)c2ccc(Nc3ccnc4cc(Cl)ccc34)cc2)c1OC. The number of hydrogen-bond donors (Lipinski definition) is 1. The third kappa shape index (κ3) is 4.58. The van der Waals surface area contributed by atoms with E-state index >= 15 is 0 Å². The van der Waals surface area contributed by atoms with Crippen molar-refractivity contribution >= 4 is 45.7 Å². The molecule has 4 aromatic rings. The number of benzene rings is 3. The van der Waals surface area contributed by atoms with E-state index in [1.54, 1.807) is 38.6 Å². The van der Waals surface area contributed by atoms with Gasteiger partial charge in [0.2, 0.25) is 0 Å². The lowest BCUT2D eigenvalue weighted by molar-refractivity contribution is 0.104. The molecule has 0 unspecified atom stereocenters. The second kappa shape index (κ2) is 9.54. The number of rotatable bonds is 7. The molecule has 0 aliphatic heterocycles. The standard InChI is InChI=1S/C26H21ClN2O3/c1-31-25-5-3-4-18(26(25)32-2)8-13-24(30)17-6-10-20(11-7-17)29-22-14-15-28-23-16-19(27)9-12-21(22)23/h3-16H,1-2H3,(H,28,29)/b13-8+. The number of ketones is 1. The zero-order valence-corrected chi connectivity index (χ0v) is 18.4. The molecule has 0 bridgehead atoms. The van der Waals surface area contributed by atoms with Gasteiger partial charge in [0.1, 0.15) is 0 Å². The van der Waals surface area contributed by atoms with Gasteiger partial charge in [0.15, 0.2) is 17.3 Å². The largest absolute Gasteiger partial charge is 0.493 e. The molecular weight excluding hydrogens is 424 g/mol. The molecule has 0 atom stereocenters. The molecule has 32 heavy (non-hydrogen) atoms. The maximum atomic E-state index is 12.6. The fraction of sp³-hybridized carbons (Fsp3) is 0.0769. The van der Waals surface area contributed by atoms with E-state index in [0.29, 0.717) is 22.1 Å². The van der Waals surface area contributed by atoms with Crippen molar-refractivity contribution in [1.29, 1.82) is 0 Å². The number of nitrogens with zero attached hydrogens (tertiary/aromatic N) is 1. The van der Waals surface area contributed by atoms with Crippen LogP contribution in [0.15, 0.2) is 79.0 Å². The number of nitrogens with one attached hydrogen (secondary N) is 1. The van der Waals surface area contributed by atoms with Gasteiger partial charge in [-0.3, -0.25) is 9.78 Å². The van der Waals surface area contributed by atoms with E-state index in [2.05, 4.69) is 10.3 Å². The summed E-state index contributed by atoms with van der Waals surface area (Å²) in [6, 6.07) is 20.3. The molecule has 1 N–H and O–H groups in total. The highest BCUT2D eigenvalue weighted by Crippen LogP contribution is 2.31. The summed E-state index contributed by atoms with van der Waals surface area (Å²) >= 11 is 6.06. The Labute approximate surface area is 191 Å². The number of halogens is 1. The van der Waals surface area contributed by atoms with Crippen LogP contribution < -0.4 is 14.8 Å².